The molecule has 1 unspecified atom stereocenters. The van der Waals surface area contributed by atoms with Crippen molar-refractivity contribution in [2.24, 2.45) is 11.7 Å². The number of para-hydroxylation sites is 1. The molecule has 2 amide bonds. The number of carbonyl (C=O) groups is 2. The van der Waals surface area contributed by atoms with Crippen molar-refractivity contribution in [2.45, 2.75) is 34.6 Å². The fourth-order valence-electron chi connectivity index (χ4n) is 0.901. The second-order valence-corrected chi connectivity index (χ2v) is 2.98. The summed E-state index contributed by atoms with van der Waals surface area (Å²) in [5.41, 5.74) is 5.65. The summed E-state index contributed by atoms with van der Waals surface area (Å²) in [5, 5.41) is 2.58. The van der Waals surface area contributed by atoms with Gasteiger partial charge in [0.25, 0.3) is 0 Å². The molecular weight excluding hydrogens is 228 g/mol. The Morgan fingerprint density at radius 3 is 1.89 bits per heavy atom. The second kappa shape index (κ2) is 11.6. The van der Waals surface area contributed by atoms with E-state index in [-0.39, 0.29) is 5.91 Å². The SMILES string of the molecule is CC.CC.CC(C(N)=O)C(=O)Nc1ccccc1. The number of nitrogens with one attached hydrogen (secondary N) is 1. The van der Waals surface area contributed by atoms with Crippen molar-refractivity contribution in [2.75, 3.05) is 5.32 Å². The summed E-state index contributed by atoms with van der Waals surface area (Å²) >= 11 is 0. The van der Waals surface area contributed by atoms with Crippen LogP contribution in [0.25, 0.3) is 0 Å². The van der Waals surface area contributed by atoms with Crippen molar-refractivity contribution in [1.29, 1.82) is 0 Å². The fraction of sp³-hybridized carbons (Fsp3) is 0.429. The molecule has 0 aliphatic heterocycles. The van der Waals surface area contributed by atoms with E-state index in [1.165, 1.54) is 6.92 Å². The average Bonchev–Trinajstić information content (AvgIpc) is 2.43. The molecule has 0 aromatic heterocycles. The standard InChI is InChI=1S/C10H12N2O2.2C2H6/c1-7(9(11)13)10(14)12-8-5-3-2-4-6-8;2*1-2/h2-7H,1H3,(H2,11,13)(H,12,14);2*1-2H3. The van der Waals surface area contributed by atoms with Gasteiger partial charge in [0.15, 0.2) is 0 Å². The Bertz CT molecular complexity index is 337. The van der Waals surface area contributed by atoms with Crippen LogP contribution in [0.15, 0.2) is 30.3 Å². The van der Waals surface area contributed by atoms with Gasteiger partial charge in [0.1, 0.15) is 5.92 Å². The molecule has 0 saturated heterocycles. The Labute approximate surface area is 110 Å². The number of anilines is 1. The Morgan fingerprint density at radius 1 is 1.06 bits per heavy atom. The van der Waals surface area contributed by atoms with E-state index >= 15 is 0 Å². The van der Waals surface area contributed by atoms with Gasteiger partial charge >= 0.3 is 0 Å². The van der Waals surface area contributed by atoms with Crippen molar-refractivity contribution in [3.8, 4) is 0 Å². The van der Waals surface area contributed by atoms with E-state index in [4.69, 9.17) is 5.73 Å². The van der Waals surface area contributed by atoms with Gasteiger partial charge in [0.2, 0.25) is 11.8 Å². The van der Waals surface area contributed by atoms with Crippen LogP contribution in [0, 0.1) is 5.92 Å². The molecule has 1 rings (SSSR count). The van der Waals surface area contributed by atoms with Gasteiger partial charge in [-0.05, 0) is 19.1 Å². The van der Waals surface area contributed by atoms with Gasteiger partial charge in [0, 0.05) is 5.69 Å². The van der Waals surface area contributed by atoms with Crippen LogP contribution in [-0.2, 0) is 9.59 Å². The smallest absolute Gasteiger partial charge is 0.236 e. The monoisotopic (exact) mass is 252 g/mol. The van der Waals surface area contributed by atoms with Gasteiger partial charge in [-0.1, -0.05) is 45.9 Å². The summed E-state index contributed by atoms with van der Waals surface area (Å²) in [7, 11) is 0. The third-order valence-electron chi connectivity index (χ3n) is 1.86. The van der Waals surface area contributed by atoms with Crippen LogP contribution >= 0.6 is 0 Å². The lowest BCUT2D eigenvalue weighted by Crippen LogP contribution is -2.32. The van der Waals surface area contributed by atoms with Crippen molar-refractivity contribution >= 4 is 17.5 Å². The fourth-order valence-corrected chi connectivity index (χ4v) is 0.901. The summed E-state index contributed by atoms with van der Waals surface area (Å²) in [5.74, 6) is -1.82. The minimum atomic E-state index is -0.810. The third kappa shape index (κ3) is 7.44. The Balaban J connectivity index is 0. The highest BCUT2D eigenvalue weighted by Gasteiger charge is 2.17. The molecular formula is C14H24N2O2. The second-order valence-electron chi connectivity index (χ2n) is 2.98. The molecule has 4 heteroatoms. The predicted molar refractivity (Wildman–Crippen MR) is 76.1 cm³/mol. The highest BCUT2D eigenvalue weighted by atomic mass is 16.2. The van der Waals surface area contributed by atoms with Crippen molar-refractivity contribution in [3.63, 3.8) is 0 Å². The lowest BCUT2D eigenvalue weighted by Gasteiger charge is -2.08. The summed E-state index contributed by atoms with van der Waals surface area (Å²) in [4.78, 5) is 22.0. The lowest BCUT2D eigenvalue weighted by molar-refractivity contribution is -0.129. The molecule has 1 aromatic rings. The Kier molecular flexibility index (Phi) is 12.0. The van der Waals surface area contributed by atoms with E-state index in [2.05, 4.69) is 5.32 Å². The Morgan fingerprint density at radius 2 is 1.50 bits per heavy atom. The molecule has 4 nitrogen and oxygen atoms in total. The molecule has 0 aliphatic rings. The molecule has 0 heterocycles. The summed E-state index contributed by atoms with van der Waals surface area (Å²) < 4.78 is 0. The van der Waals surface area contributed by atoms with E-state index in [9.17, 15) is 9.59 Å². The quantitative estimate of drug-likeness (QED) is 0.812. The van der Waals surface area contributed by atoms with Crippen molar-refractivity contribution < 1.29 is 9.59 Å². The topological polar surface area (TPSA) is 72.2 Å². The maximum atomic E-state index is 11.3. The number of hydrogen-bond donors (Lipinski definition) is 2. The van der Waals surface area contributed by atoms with Gasteiger partial charge in [-0.25, -0.2) is 0 Å². The van der Waals surface area contributed by atoms with Crippen LogP contribution in [0.4, 0.5) is 5.69 Å². The van der Waals surface area contributed by atoms with Crippen LogP contribution in [-0.4, -0.2) is 11.8 Å². The molecule has 0 aliphatic carbocycles. The van der Waals surface area contributed by atoms with E-state index in [0.29, 0.717) is 5.69 Å². The van der Waals surface area contributed by atoms with Gasteiger partial charge in [-0.15, -0.1) is 0 Å². The van der Waals surface area contributed by atoms with E-state index in [0.717, 1.165) is 0 Å². The van der Waals surface area contributed by atoms with Crippen LogP contribution < -0.4 is 11.1 Å². The van der Waals surface area contributed by atoms with Gasteiger partial charge in [-0.2, -0.15) is 0 Å². The normalized spacial score (nSPS) is 9.83. The zero-order valence-corrected chi connectivity index (χ0v) is 11.9. The van der Waals surface area contributed by atoms with Gasteiger partial charge < -0.3 is 11.1 Å². The van der Waals surface area contributed by atoms with Gasteiger partial charge in [0.05, 0.1) is 0 Å². The average molecular weight is 252 g/mol. The summed E-state index contributed by atoms with van der Waals surface area (Å²) in [6.07, 6.45) is 0. The first-order valence-electron chi connectivity index (χ1n) is 6.26. The minimum absolute atomic E-state index is 0.385. The zero-order chi connectivity index (χ0) is 14.6. The number of nitrogens with two attached hydrogens (primary N) is 1. The third-order valence-corrected chi connectivity index (χ3v) is 1.86. The molecule has 3 N–H and O–H groups in total. The summed E-state index contributed by atoms with van der Waals surface area (Å²) in [6.45, 7) is 9.47. The number of rotatable bonds is 3. The number of amides is 2. The van der Waals surface area contributed by atoms with Crippen molar-refractivity contribution in [3.05, 3.63) is 30.3 Å². The molecule has 0 bridgehead atoms. The number of carbonyl (C=O) groups excluding carboxylic acids is 2. The molecule has 1 aromatic carbocycles. The van der Waals surface area contributed by atoms with Crippen LogP contribution in [0.1, 0.15) is 34.6 Å². The van der Waals surface area contributed by atoms with Crippen LogP contribution in [0.3, 0.4) is 0 Å². The molecule has 18 heavy (non-hydrogen) atoms. The highest BCUT2D eigenvalue weighted by Crippen LogP contribution is 2.07. The molecule has 1 atom stereocenters. The molecule has 0 saturated carbocycles. The number of primary amides is 1. The first-order chi connectivity index (χ1) is 8.61. The van der Waals surface area contributed by atoms with E-state index in [1.54, 1.807) is 24.3 Å². The predicted octanol–water partition coefficient (Wildman–Crippen LogP) is 2.80. The highest BCUT2D eigenvalue weighted by molar-refractivity contribution is 6.05. The lowest BCUT2D eigenvalue weighted by atomic mass is 10.1. The number of hydrogen-bond acceptors (Lipinski definition) is 2. The minimum Gasteiger partial charge on any atom is -0.369 e. The Hall–Kier alpha value is -1.84. The largest absolute Gasteiger partial charge is 0.369 e. The van der Waals surface area contributed by atoms with E-state index < -0.39 is 11.8 Å². The maximum absolute atomic E-state index is 11.3. The van der Waals surface area contributed by atoms with Crippen molar-refractivity contribution in [1.82, 2.24) is 0 Å². The molecule has 102 valence electrons. The van der Waals surface area contributed by atoms with E-state index in [1.807, 2.05) is 33.8 Å². The first-order valence-corrected chi connectivity index (χ1v) is 6.26. The van der Waals surface area contributed by atoms with Crippen LogP contribution in [0.2, 0.25) is 0 Å². The van der Waals surface area contributed by atoms with Crippen LogP contribution in [0.5, 0.6) is 0 Å². The molecule has 0 fully saturated rings. The zero-order valence-electron chi connectivity index (χ0n) is 11.9. The first kappa shape index (κ1) is 18.5. The number of benzene rings is 1. The molecule has 0 radical (unpaired) electrons. The van der Waals surface area contributed by atoms with Gasteiger partial charge in [-0.3, -0.25) is 9.59 Å². The molecule has 0 spiro atoms. The maximum Gasteiger partial charge on any atom is 0.236 e. The summed E-state index contributed by atoms with van der Waals surface area (Å²) in [6, 6.07) is 8.92.